The van der Waals surface area contributed by atoms with Crippen molar-refractivity contribution in [2.75, 3.05) is 37.2 Å². The number of amides is 3. The third kappa shape index (κ3) is 7.26. The molecule has 2 fully saturated rings. The second kappa shape index (κ2) is 15.3. The van der Waals surface area contributed by atoms with Crippen molar-refractivity contribution in [1.29, 1.82) is 0 Å². The zero-order chi connectivity index (χ0) is 37.9. The molecular weight excluding hydrogens is 717 g/mol. The fourth-order valence-electron chi connectivity index (χ4n) is 6.57. The molecule has 0 radical (unpaired) electrons. The number of imide groups is 1. The summed E-state index contributed by atoms with van der Waals surface area (Å²) in [6.45, 7) is 4.42. The number of aryl methyl sites for hydroxylation is 1. The van der Waals surface area contributed by atoms with E-state index in [1.165, 1.54) is 24.3 Å². The summed E-state index contributed by atoms with van der Waals surface area (Å²) < 4.78 is 41.4. The molecule has 278 valence electrons. The van der Waals surface area contributed by atoms with E-state index in [9.17, 15) is 27.6 Å². The number of hydrogen-bond acceptors (Lipinski definition) is 11. The number of nitrogens with zero attached hydrogens (tertiary/aromatic N) is 4. The van der Waals surface area contributed by atoms with Crippen LogP contribution in [0.25, 0.3) is 21.8 Å². The summed E-state index contributed by atoms with van der Waals surface area (Å²) in [6.07, 6.45) is -1.24. The van der Waals surface area contributed by atoms with Crippen LogP contribution in [0.2, 0.25) is 0 Å². The quantitative estimate of drug-likeness (QED) is 0.0938. The Kier molecular flexibility index (Phi) is 10.4. The van der Waals surface area contributed by atoms with Gasteiger partial charge in [0.2, 0.25) is 0 Å². The van der Waals surface area contributed by atoms with Crippen LogP contribution in [0.1, 0.15) is 31.7 Å². The topological polar surface area (TPSA) is 159 Å². The number of ether oxygens (including phenoxy) is 2. The molecule has 4 aromatic carbocycles. The van der Waals surface area contributed by atoms with Gasteiger partial charge in [0.05, 0.1) is 41.3 Å². The van der Waals surface area contributed by atoms with Crippen molar-refractivity contribution in [3.05, 3.63) is 103 Å². The van der Waals surface area contributed by atoms with Crippen molar-refractivity contribution in [3.63, 3.8) is 0 Å². The van der Waals surface area contributed by atoms with Crippen LogP contribution in [-0.2, 0) is 45.2 Å². The summed E-state index contributed by atoms with van der Waals surface area (Å²) in [5, 5.41) is 1.53. The molecular formula is C39H37N4O10S+. The van der Waals surface area contributed by atoms with Crippen LogP contribution < -0.4 is 13.7 Å². The Morgan fingerprint density at radius 2 is 1.43 bits per heavy atom. The summed E-state index contributed by atoms with van der Waals surface area (Å²) in [5.41, 5.74) is 2.50. The van der Waals surface area contributed by atoms with Gasteiger partial charge < -0.3 is 14.3 Å². The molecule has 15 heteroatoms. The van der Waals surface area contributed by atoms with Gasteiger partial charge in [-0.25, -0.2) is 23.0 Å². The summed E-state index contributed by atoms with van der Waals surface area (Å²) in [5.74, 6) is -1.79. The van der Waals surface area contributed by atoms with E-state index in [2.05, 4.69) is 4.98 Å². The van der Waals surface area contributed by atoms with Crippen molar-refractivity contribution in [2.24, 2.45) is 0 Å². The normalized spacial score (nSPS) is 15.8. The van der Waals surface area contributed by atoms with Gasteiger partial charge in [-0.2, -0.15) is 9.14 Å². The highest BCUT2D eigenvalue weighted by Crippen LogP contribution is 2.36. The summed E-state index contributed by atoms with van der Waals surface area (Å²) >= 11 is 0. The molecule has 14 nitrogen and oxygen atoms in total. The van der Waals surface area contributed by atoms with E-state index in [1.807, 2.05) is 19.1 Å². The Morgan fingerprint density at radius 3 is 2.02 bits per heavy atom. The molecule has 3 amide bonds. The fourth-order valence-corrected chi connectivity index (χ4v) is 7.90. The number of sulfonamides is 1. The van der Waals surface area contributed by atoms with E-state index in [0.29, 0.717) is 69.6 Å². The van der Waals surface area contributed by atoms with Gasteiger partial charge in [-0.3, -0.25) is 9.59 Å². The summed E-state index contributed by atoms with van der Waals surface area (Å²) in [6, 6.07) is 26.5. The van der Waals surface area contributed by atoms with Gasteiger partial charge >= 0.3 is 12.1 Å². The Morgan fingerprint density at radius 1 is 0.833 bits per heavy atom. The second-order valence-corrected chi connectivity index (χ2v) is 14.5. The first-order chi connectivity index (χ1) is 26.1. The number of morpholine rings is 1. The first-order valence-electron chi connectivity index (χ1n) is 17.5. The van der Waals surface area contributed by atoms with Gasteiger partial charge in [0.25, 0.3) is 21.8 Å². The number of quaternary nitrogens is 1. The predicted octanol–water partition coefficient (Wildman–Crippen LogP) is 5.61. The van der Waals surface area contributed by atoms with Gasteiger partial charge in [0.15, 0.2) is 11.4 Å². The minimum absolute atomic E-state index is 0.0187. The molecule has 7 rings (SSSR count). The van der Waals surface area contributed by atoms with Crippen molar-refractivity contribution in [3.8, 4) is 5.75 Å². The molecule has 0 bridgehead atoms. The average Bonchev–Trinajstić information content (AvgIpc) is 3.50. The standard InChI is InChI=1S/C39H37N4O10S/c1-2-51-43(23-25-50-26-24-43)29-16-14-28(15-17-29)42(39(47)52-38-31-7-3-5-9-33(31)40-34-10-6-4-8-32(34)38)54(48,49)30-18-11-27(12-19-30)13-22-37(46)53-41-35(44)20-21-36(41)45/h3-12,14-19H,2,13,20-26H2,1H3/q+1. The SMILES string of the molecule is CCO[N+]1(c2ccc(N(C(=O)Oc3c4ccccc4nc4ccccc34)S(=O)(=O)c3ccc(CCC(=O)ON4C(=O)CCC4=O)cc3)cc2)CCOCC1. The van der Waals surface area contributed by atoms with Crippen molar-refractivity contribution in [2.45, 2.75) is 37.5 Å². The highest BCUT2D eigenvalue weighted by Gasteiger charge is 2.38. The van der Waals surface area contributed by atoms with Gasteiger partial charge in [-0.05, 0) is 67.4 Å². The van der Waals surface area contributed by atoms with Crippen LogP contribution in [0.5, 0.6) is 5.75 Å². The van der Waals surface area contributed by atoms with Gasteiger partial charge in [-0.15, -0.1) is 9.71 Å². The third-order valence-corrected chi connectivity index (χ3v) is 11.0. The number of hydroxylamine groups is 4. The van der Waals surface area contributed by atoms with Crippen LogP contribution in [0, 0.1) is 0 Å². The fraction of sp³-hybridized carbons (Fsp3) is 0.256. The molecule has 0 N–H and O–H groups in total. The van der Waals surface area contributed by atoms with Crippen LogP contribution in [-0.4, -0.2) is 75.3 Å². The molecule has 54 heavy (non-hydrogen) atoms. The zero-order valence-corrected chi connectivity index (χ0v) is 30.2. The number of hydrogen-bond donors (Lipinski definition) is 0. The van der Waals surface area contributed by atoms with E-state index in [4.69, 9.17) is 19.1 Å². The monoisotopic (exact) mass is 753 g/mol. The zero-order valence-electron chi connectivity index (χ0n) is 29.4. The molecule has 0 atom stereocenters. The summed E-state index contributed by atoms with van der Waals surface area (Å²) in [4.78, 5) is 65.9. The molecule has 0 saturated carbocycles. The molecule has 5 aromatic rings. The van der Waals surface area contributed by atoms with E-state index < -0.39 is 33.9 Å². The highest BCUT2D eigenvalue weighted by molar-refractivity contribution is 7.93. The number of rotatable bonds is 11. The van der Waals surface area contributed by atoms with E-state index in [0.717, 1.165) is 5.69 Å². The highest BCUT2D eigenvalue weighted by atomic mass is 32.2. The van der Waals surface area contributed by atoms with Crippen LogP contribution in [0.4, 0.5) is 16.2 Å². The third-order valence-electron chi connectivity index (χ3n) is 9.30. The molecule has 2 aliphatic heterocycles. The second-order valence-electron chi connectivity index (χ2n) is 12.7. The Hall–Kier alpha value is -5.74. The molecule has 0 aliphatic carbocycles. The lowest BCUT2D eigenvalue weighted by Gasteiger charge is -2.37. The number of anilines is 1. The molecule has 2 saturated heterocycles. The van der Waals surface area contributed by atoms with E-state index in [1.54, 1.807) is 60.7 Å². The lowest BCUT2D eigenvalue weighted by atomic mass is 10.1. The predicted molar refractivity (Wildman–Crippen MR) is 197 cm³/mol. The Balaban J connectivity index is 1.21. The molecule has 0 spiro atoms. The van der Waals surface area contributed by atoms with Crippen molar-refractivity contribution in [1.82, 2.24) is 14.7 Å². The van der Waals surface area contributed by atoms with Gasteiger partial charge in [0, 0.05) is 35.7 Å². The van der Waals surface area contributed by atoms with Crippen LogP contribution in [0.15, 0.2) is 102 Å². The largest absolute Gasteiger partial charge is 0.434 e. The minimum Gasteiger partial charge on any atom is -0.408 e. The number of benzene rings is 4. The average molecular weight is 754 g/mol. The van der Waals surface area contributed by atoms with Gasteiger partial charge in [0.1, 0.15) is 19.7 Å². The smallest absolute Gasteiger partial charge is 0.408 e. The Bertz CT molecular complexity index is 2270. The van der Waals surface area contributed by atoms with E-state index in [-0.39, 0.29) is 46.7 Å². The minimum atomic E-state index is -4.61. The molecule has 0 unspecified atom stereocenters. The van der Waals surface area contributed by atoms with Gasteiger partial charge in [-0.1, -0.05) is 36.4 Å². The number of carbonyl (C=O) groups excluding carboxylic acids is 4. The number of carbonyl (C=O) groups is 4. The number of para-hydroxylation sites is 2. The lowest BCUT2D eigenvalue weighted by Crippen LogP contribution is -2.56. The lowest BCUT2D eigenvalue weighted by molar-refractivity contribution is -0.197. The number of pyridine rings is 1. The van der Waals surface area contributed by atoms with Crippen LogP contribution in [0.3, 0.4) is 0 Å². The molecule has 2 aliphatic rings. The number of fused-ring (bicyclic) bond motifs is 2. The molecule has 1 aromatic heterocycles. The Labute approximate surface area is 310 Å². The first-order valence-corrected chi connectivity index (χ1v) is 18.9. The number of aromatic nitrogens is 1. The van der Waals surface area contributed by atoms with Crippen molar-refractivity contribution < 1.29 is 46.7 Å². The van der Waals surface area contributed by atoms with Crippen LogP contribution >= 0.6 is 0 Å². The maximum atomic E-state index is 14.5. The summed E-state index contributed by atoms with van der Waals surface area (Å²) in [7, 11) is -4.61. The van der Waals surface area contributed by atoms with Crippen molar-refractivity contribution >= 4 is 67.1 Å². The maximum Gasteiger partial charge on any atom is 0.434 e. The first kappa shape index (κ1) is 36.6. The molecule has 3 heterocycles. The van der Waals surface area contributed by atoms with E-state index >= 15 is 0 Å². The maximum absolute atomic E-state index is 14.5.